The van der Waals surface area contributed by atoms with Gasteiger partial charge < -0.3 is 14.2 Å². The highest BCUT2D eigenvalue weighted by Crippen LogP contribution is 2.31. The summed E-state index contributed by atoms with van der Waals surface area (Å²) in [6.07, 6.45) is 1.45. The van der Waals surface area contributed by atoms with Crippen molar-refractivity contribution in [2.24, 2.45) is 0 Å². The first-order valence-corrected chi connectivity index (χ1v) is 7.25. The normalized spacial score (nSPS) is 10.6. The average molecular weight is 336 g/mol. The Hall–Kier alpha value is -2.17. The van der Waals surface area contributed by atoms with Crippen LogP contribution in [0.25, 0.3) is 11.3 Å². The lowest BCUT2D eigenvalue weighted by molar-refractivity contribution is 0.0920. The molecule has 22 heavy (non-hydrogen) atoms. The highest BCUT2D eigenvalue weighted by molar-refractivity contribution is 6.36. The fourth-order valence-electron chi connectivity index (χ4n) is 1.97. The zero-order valence-electron chi connectivity index (χ0n) is 11.3. The van der Waals surface area contributed by atoms with E-state index in [1.54, 1.807) is 42.5 Å². The maximum absolute atomic E-state index is 11.8. The highest BCUT2D eigenvalue weighted by Gasteiger charge is 2.11. The number of amides is 1. The van der Waals surface area contributed by atoms with Crippen LogP contribution in [0.4, 0.5) is 0 Å². The molecule has 0 atom stereocenters. The van der Waals surface area contributed by atoms with Crippen molar-refractivity contribution < 1.29 is 13.6 Å². The maximum Gasteiger partial charge on any atom is 0.287 e. The third-order valence-electron chi connectivity index (χ3n) is 3.03. The summed E-state index contributed by atoms with van der Waals surface area (Å²) in [4.78, 5) is 11.8. The molecule has 1 amide bonds. The van der Waals surface area contributed by atoms with Gasteiger partial charge >= 0.3 is 0 Å². The van der Waals surface area contributed by atoms with Crippen molar-refractivity contribution in [3.8, 4) is 11.3 Å². The molecule has 0 aliphatic heterocycles. The van der Waals surface area contributed by atoms with Gasteiger partial charge in [-0.3, -0.25) is 4.79 Å². The Morgan fingerprint density at radius 1 is 1.14 bits per heavy atom. The predicted octanol–water partition coefficient (Wildman–Crippen LogP) is 4.78. The first-order chi connectivity index (χ1) is 10.6. The van der Waals surface area contributed by atoms with Crippen molar-refractivity contribution in [1.29, 1.82) is 0 Å². The van der Waals surface area contributed by atoms with Crippen molar-refractivity contribution in [2.45, 2.75) is 6.54 Å². The Morgan fingerprint density at radius 3 is 2.73 bits per heavy atom. The van der Waals surface area contributed by atoms with Crippen molar-refractivity contribution in [2.75, 3.05) is 0 Å². The number of carbonyl (C=O) groups excluding carboxylic acids is 1. The van der Waals surface area contributed by atoms with Crippen LogP contribution in [0.3, 0.4) is 0 Å². The summed E-state index contributed by atoms with van der Waals surface area (Å²) >= 11 is 12.0. The molecule has 0 unspecified atom stereocenters. The molecule has 3 rings (SSSR count). The van der Waals surface area contributed by atoms with Gasteiger partial charge in [0.05, 0.1) is 17.8 Å². The van der Waals surface area contributed by atoms with Gasteiger partial charge in [-0.2, -0.15) is 0 Å². The Morgan fingerprint density at radius 2 is 2.00 bits per heavy atom. The summed E-state index contributed by atoms with van der Waals surface area (Å²) in [6, 6.07) is 12.0. The molecular formula is C16H11Cl2NO3. The molecule has 2 aromatic heterocycles. The molecule has 0 aliphatic carbocycles. The van der Waals surface area contributed by atoms with Crippen LogP contribution in [0, 0.1) is 0 Å². The van der Waals surface area contributed by atoms with E-state index < -0.39 is 0 Å². The van der Waals surface area contributed by atoms with Crippen molar-refractivity contribution >= 4 is 29.1 Å². The SMILES string of the molecule is O=C(NCc1ccc(-c2ccc(Cl)cc2Cl)o1)c1ccco1. The summed E-state index contributed by atoms with van der Waals surface area (Å²) in [6.45, 7) is 0.255. The lowest BCUT2D eigenvalue weighted by atomic mass is 10.2. The van der Waals surface area contributed by atoms with E-state index in [2.05, 4.69) is 5.32 Å². The summed E-state index contributed by atoms with van der Waals surface area (Å²) < 4.78 is 10.7. The molecule has 6 heteroatoms. The molecule has 0 radical (unpaired) electrons. The van der Waals surface area contributed by atoms with Crippen LogP contribution in [-0.2, 0) is 6.54 Å². The Bertz CT molecular complexity index is 794. The number of hydrogen-bond acceptors (Lipinski definition) is 3. The van der Waals surface area contributed by atoms with Crippen molar-refractivity contribution in [1.82, 2.24) is 5.32 Å². The fourth-order valence-corrected chi connectivity index (χ4v) is 2.47. The molecule has 0 saturated carbocycles. The first-order valence-electron chi connectivity index (χ1n) is 6.49. The van der Waals surface area contributed by atoms with Crippen LogP contribution in [0.1, 0.15) is 16.3 Å². The van der Waals surface area contributed by atoms with Crippen molar-refractivity contribution in [3.63, 3.8) is 0 Å². The zero-order chi connectivity index (χ0) is 15.5. The minimum Gasteiger partial charge on any atom is -0.459 e. The van der Waals surface area contributed by atoms with Crippen LogP contribution >= 0.6 is 23.2 Å². The first kappa shape index (κ1) is 14.8. The lowest BCUT2D eigenvalue weighted by Gasteiger charge is -2.02. The van der Waals surface area contributed by atoms with Crippen LogP contribution in [0.2, 0.25) is 10.0 Å². The van der Waals surface area contributed by atoms with Gasteiger partial charge in [-0.1, -0.05) is 23.2 Å². The second kappa shape index (κ2) is 6.30. The van der Waals surface area contributed by atoms with Gasteiger partial charge in [-0.25, -0.2) is 0 Å². The number of nitrogens with one attached hydrogen (secondary N) is 1. The van der Waals surface area contributed by atoms with E-state index >= 15 is 0 Å². The van der Waals surface area contributed by atoms with Gasteiger partial charge in [-0.05, 0) is 42.5 Å². The quantitative estimate of drug-likeness (QED) is 0.746. The van der Waals surface area contributed by atoms with E-state index in [0.717, 1.165) is 5.56 Å². The number of carbonyl (C=O) groups is 1. The van der Waals surface area contributed by atoms with E-state index in [0.29, 0.717) is 21.6 Å². The molecule has 0 aliphatic rings. The Kier molecular flexibility index (Phi) is 4.22. The molecule has 0 saturated heterocycles. The zero-order valence-corrected chi connectivity index (χ0v) is 12.8. The molecule has 0 spiro atoms. The second-order valence-corrected chi connectivity index (χ2v) is 5.39. The van der Waals surface area contributed by atoms with E-state index in [4.69, 9.17) is 32.0 Å². The van der Waals surface area contributed by atoms with Gasteiger partial charge in [0.25, 0.3) is 5.91 Å². The molecule has 1 N–H and O–H groups in total. The number of benzene rings is 1. The lowest BCUT2D eigenvalue weighted by Crippen LogP contribution is -2.21. The topological polar surface area (TPSA) is 55.4 Å². The highest BCUT2D eigenvalue weighted by atomic mass is 35.5. The monoisotopic (exact) mass is 335 g/mol. The van der Waals surface area contributed by atoms with E-state index in [9.17, 15) is 4.79 Å². The van der Waals surface area contributed by atoms with Crippen molar-refractivity contribution in [3.05, 3.63) is 70.3 Å². The number of rotatable bonds is 4. The Balaban J connectivity index is 1.70. The van der Waals surface area contributed by atoms with E-state index in [1.807, 2.05) is 0 Å². The minimum atomic E-state index is -0.299. The number of furan rings is 2. The molecule has 112 valence electrons. The van der Waals surface area contributed by atoms with E-state index in [1.165, 1.54) is 6.26 Å². The molecule has 0 bridgehead atoms. The number of hydrogen-bond donors (Lipinski definition) is 1. The van der Waals surface area contributed by atoms with Gasteiger partial charge in [0, 0.05) is 10.6 Å². The van der Waals surface area contributed by atoms with E-state index in [-0.39, 0.29) is 18.2 Å². The molecule has 3 aromatic rings. The minimum absolute atomic E-state index is 0.255. The molecule has 2 heterocycles. The standard InChI is InChI=1S/C16H11Cl2NO3/c17-10-3-5-12(13(18)8-10)14-6-4-11(22-14)9-19-16(20)15-2-1-7-21-15/h1-8H,9H2,(H,19,20). The van der Waals surface area contributed by atoms with Gasteiger partial charge in [0.15, 0.2) is 5.76 Å². The largest absolute Gasteiger partial charge is 0.459 e. The summed E-state index contributed by atoms with van der Waals surface area (Å²) in [5.41, 5.74) is 0.745. The van der Waals surface area contributed by atoms with Crippen LogP contribution < -0.4 is 5.32 Å². The Labute approximate surface area is 136 Å². The third-order valence-corrected chi connectivity index (χ3v) is 3.57. The van der Waals surface area contributed by atoms with Gasteiger partial charge in [0.1, 0.15) is 11.5 Å². The molecule has 0 fully saturated rings. The van der Waals surface area contributed by atoms with Crippen LogP contribution in [0.5, 0.6) is 0 Å². The van der Waals surface area contributed by atoms with Gasteiger partial charge in [-0.15, -0.1) is 0 Å². The second-order valence-electron chi connectivity index (χ2n) is 4.55. The average Bonchev–Trinajstić information content (AvgIpc) is 3.16. The summed E-state index contributed by atoms with van der Waals surface area (Å²) in [5, 5.41) is 3.78. The molecular weight excluding hydrogens is 325 g/mol. The fraction of sp³-hybridized carbons (Fsp3) is 0.0625. The predicted molar refractivity (Wildman–Crippen MR) is 84.0 cm³/mol. The summed E-state index contributed by atoms with van der Waals surface area (Å²) in [5.74, 6) is 1.19. The number of halogens is 2. The third kappa shape index (κ3) is 3.18. The maximum atomic E-state index is 11.8. The molecule has 4 nitrogen and oxygen atoms in total. The van der Waals surface area contributed by atoms with Crippen LogP contribution in [-0.4, -0.2) is 5.91 Å². The molecule has 1 aromatic carbocycles. The summed E-state index contributed by atoms with van der Waals surface area (Å²) in [7, 11) is 0. The van der Waals surface area contributed by atoms with Gasteiger partial charge in [0.2, 0.25) is 0 Å². The van der Waals surface area contributed by atoms with Crippen LogP contribution in [0.15, 0.2) is 57.6 Å². The smallest absolute Gasteiger partial charge is 0.287 e.